The van der Waals surface area contributed by atoms with Crippen molar-refractivity contribution in [2.75, 3.05) is 6.54 Å². The van der Waals surface area contributed by atoms with Crippen LogP contribution in [0.1, 0.15) is 50.6 Å². The van der Waals surface area contributed by atoms with Gasteiger partial charge in [-0.05, 0) is 57.7 Å². The van der Waals surface area contributed by atoms with Crippen molar-refractivity contribution in [2.24, 2.45) is 0 Å². The van der Waals surface area contributed by atoms with E-state index in [0.717, 1.165) is 13.0 Å². The molecule has 0 saturated heterocycles. The van der Waals surface area contributed by atoms with E-state index in [0.29, 0.717) is 10.6 Å². The van der Waals surface area contributed by atoms with Gasteiger partial charge in [-0.2, -0.15) is 0 Å². The average molecular weight is 316 g/mol. The van der Waals surface area contributed by atoms with Crippen LogP contribution in [0.5, 0.6) is 0 Å². The lowest BCUT2D eigenvalue weighted by atomic mass is 9.97. The van der Waals surface area contributed by atoms with E-state index in [1.807, 2.05) is 6.92 Å². The third-order valence-corrected chi connectivity index (χ3v) is 4.51. The molecule has 1 aromatic rings. The lowest BCUT2D eigenvalue weighted by molar-refractivity contribution is 0.556. The zero-order valence-electron chi connectivity index (χ0n) is 11.7. The van der Waals surface area contributed by atoms with Gasteiger partial charge in [-0.3, -0.25) is 0 Å². The van der Waals surface area contributed by atoms with Crippen molar-refractivity contribution in [3.8, 4) is 0 Å². The summed E-state index contributed by atoms with van der Waals surface area (Å²) in [6.07, 6.45) is 8.39. The summed E-state index contributed by atoms with van der Waals surface area (Å²) in [6, 6.07) is 2.79. The van der Waals surface area contributed by atoms with E-state index < -0.39 is 5.82 Å². The van der Waals surface area contributed by atoms with Gasteiger partial charge in [0.1, 0.15) is 5.82 Å². The van der Waals surface area contributed by atoms with Crippen LogP contribution in [0, 0.1) is 5.82 Å². The van der Waals surface area contributed by atoms with Gasteiger partial charge in [-0.25, -0.2) is 4.39 Å². The van der Waals surface area contributed by atoms with Gasteiger partial charge in [-0.15, -0.1) is 0 Å². The molecule has 0 fully saturated rings. The quantitative estimate of drug-likeness (QED) is 0.545. The highest BCUT2D eigenvalue weighted by Crippen LogP contribution is 2.32. The van der Waals surface area contributed by atoms with Gasteiger partial charge in [0.2, 0.25) is 0 Å². The first-order valence-corrected chi connectivity index (χ1v) is 7.90. The fraction of sp³-hybridized carbons (Fsp3) is 0.500. The minimum Gasteiger partial charge on any atom is -0.310 e. The highest BCUT2D eigenvalue weighted by atomic mass is 35.5. The normalized spacial score (nSPS) is 16.9. The molecular formula is C16H20Cl2FN. The van der Waals surface area contributed by atoms with Crippen LogP contribution in [0.4, 0.5) is 4.39 Å². The van der Waals surface area contributed by atoms with Gasteiger partial charge < -0.3 is 5.32 Å². The van der Waals surface area contributed by atoms with E-state index in [-0.39, 0.29) is 11.1 Å². The molecular weight excluding hydrogens is 296 g/mol. The third-order valence-electron chi connectivity index (χ3n) is 3.79. The summed E-state index contributed by atoms with van der Waals surface area (Å²) in [6.45, 7) is 2.82. The van der Waals surface area contributed by atoms with Crippen molar-refractivity contribution in [1.29, 1.82) is 0 Å². The second-order valence-electron chi connectivity index (χ2n) is 5.29. The maximum absolute atomic E-state index is 13.5. The second kappa shape index (κ2) is 7.44. The SMILES string of the molecule is CC(NCCC1=CCCCC1)c1c(Cl)ccc(F)c1Cl. The Morgan fingerprint density at radius 3 is 2.80 bits per heavy atom. The predicted molar refractivity (Wildman–Crippen MR) is 84.0 cm³/mol. The Morgan fingerprint density at radius 2 is 2.10 bits per heavy atom. The molecule has 2 rings (SSSR count). The molecule has 1 unspecified atom stereocenters. The zero-order valence-corrected chi connectivity index (χ0v) is 13.2. The first-order chi connectivity index (χ1) is 9.59. The Morgan fingerprint density at radius 1 is 1.30 bits per heavy atom. The molecule has 0 radical (unpaired) electrons. The number of nitrogens with one attached hydrogen (secondary N) is 1. The summed E-state index contributed by atoms with van der Waals surface area (Å²) < 4.78 is 13.5. The molecule has 0 saturated carbocycles. The molecule has 0 bridgehead atoms. The van der Waals surface area contributed by atoms with Crippen LogP contribution < -0.4 is 5.32 Å². The van der Waals surface area contributed by atoms with Crippen LogP contribution in [0.2, 0.25) is 10.0 Å². The standard InChI is InChI=1S/C16H20Cl2FN/c1-11(15-13(17)7-8-14(19)16(15)18)20-10-9-12-5-3-2-4-6-12/h5,7-8,11,20H,2-4,6,9-10H2,1H3. The van der Waals surface area contributed by atoms with Gasteiger partial charge in [0.25, 0.3) is 0 Å². The van der Waals surface area contributed by atoms with Crippen LogP contribution >= 0.6 is 23.2 Å². The Labute approximate surface area is 130 Å². The topological polar surface area (TPSA) is 12.0 Å². The summed E-state index contributed by atoms with van der Waals surface area (Å²) >= 11 is 12.1. The van der Waals surface area contributed by atoms with Crippen LogP contribution in [0.25, 0.3) is 0 Å². The highest BCUT2D eigenvalue weighted by Gasteiger charge is 2.16. The molecule has 1 aliphatic rings. The first-order valence-electron chi connectivity index (χ1n) is 7.14. The molecule has 20 heavy (non-hydrogen) atoms. The maximum atomic E-state index is 13.5. The summed E-state index contributed by atoms with van der Waals surface area (Å²) in [5, 5.41) is 4.01. The molecule has 1 atom stereocenters. The molecule has 0 aromatic heterocycles. The summed E-state index contributed by atoms with van der Waals surface area (Å²) in [5.74, 6) is -0.422. The average Bonchev–Trinajstić information content (AvgIpc) is 2.44. The second-order valence-corrected chi connectivity index (χ2v) is 6.08. The summed E-state index contributed by atoms with van der Waals surface area (Å²) in [4.78, 5) is 0. The number of rotatable bonds is 5. The molecule has 1 N–H and O–H groups in total. The fourth-order valence-corrected chi connectivity index (χ4v) is 3.32. The van der Waals surface area contributed by atoms with E-state index >= 15 is 0 Å². The molecule has 4 heteroatoms. The van der Waals surface area contributed by atoms with E-state index in [2.05, 4.69) is 11.4 Å². The predicted octanol–water partition coefficient (Wildman–Crippen LogP) is 5.67. The first kappa shape index (κ1) is 15.8. The summed E-state index contributed by atoms with van der Waals surface area (Å²) in [5.41, 5.74) is 2.17. The maximum Gasteiger partial charge on any atom is 0.142 e. The highest BCUT2D eigenvalue weighted by molar-refractivity contribution is 6.36. The van der Waals surface area contributed by atoms with Gasteiger partial charge in [0, 0.05) is 16.6 Å². The zero-order chi connectivity index (χ0) is 14.5. The van der Waals surface area contributed by atoms with Crippen LogP contribution in [0.3, 0.4) is 0 Å². The van der Waals surface area contributed by atoms with Crippen molar-refractivity contribution in [1.82, 2.24) is 5.32 Å². The van der Waals surface area contributed by atoms with Crippen molar-refractivity contribution in [3.63, 3.8) is 0 Å². The van der Waals surface area contributed by atoms with Crippen LogP contribution in [0.15, 0.2) is 23.8 Å². The van der Waals surface area contributed by atoms with E-state index in [9.17, 15) is 4.39 Å². The van der Waals surface area contributed by atoms with Gasteiger partial charge in [0.15, 0.2) is 0 Å². The van der Waals surface area contributed by atoms with Crippen LogP contribution in [-0.2, 0) is 0 Å². The van der Waals surface area contributed by atoms with Gasteiger partial charge >= 0.3 is 0 Å². The molecule has 0 spiro atoms. The monoisotopic (exact) mass is 315 g/mol. The molecule has 0 aliphatic heterocycles. The number of allylic oxidation sites excluding steroid dienone is 1. The van der Waals surface area contributed by atoms with Crippen LogP contribution in [-0.4, -0.2) is 6.54 Å². The van der Waals surface area contributed by atoms with E-state index in [1.54, 1.807) is 6.07 Å². The molecule has 1 aromatic carbocycles. The van der Waals surface area contributed by atoms with Gasteiger partial charge in [0.05, 0.1) is 5.02 Å². The Bertz CT molecular complexity index is 499. The lowest BCUT2D eigenvalue weighted by Gasteiger charge is -2.19. The molecule has 1 nitrogen and oxygen atoms in total. The Hall–Kier alpha value is -0.570. The van der Waals surface area contributed by atoms with Crippen molar-refractivity contribution in [3.05, 3.63) is 45.2 Å². The van der Waals surface area contributed by atoms with E-state index in [1.165, 1.54) is 37.3 Å². The number of benzene rings is 1. The lowest BCUT2D eigenvalue weighted by Crippen LogP contribution is -2.21. The van der Waals surface area contributed by atoms with Crippen molar-refractivity contribution < 1.29 is 4.39 Å². The largest absolute Gasteiger partial charge is 0.310 e. The molecule has 0 amide bonds. The molecule has 110 valence electrons. The number of hydrogen-bond acceptors (Lipinski definition) is 1. The molecule has 1 aliphatic carbocycles. The number of hydrogen-bond donors (Lipinski definition) is 1. The minimum absolute atomic E-state index is 0.0603. The Kier molecular flexibility index (Phi) is 5.88. The van der Waals surface area contributed by atoms with Crippen molar-refractivity contribution in [2.45, 2.75) is 45.1 Å². The Balaban J connectivity index is 1.93. The van der Waals surface area contributed by atoms with Crippen molar-refractivity contribution >= 4 is 23.2 Å². The summed E-state index contributed by atoms with van der Waals surface area (Å²) in [7, 11) is 0. The van der Waals surface area contributed by atoms with Gasteiger partial charge in [-0.1, -0.05) is 34.9 Å². The smallest absolute Gasteiger partial charge is 0.142 e. The fourth-order valence-electron chi connectivity index (χ4n) is 2.62. The number of halogens is 3. The van der Waals surface area contributed by atoms with E-state index in [4.69, 9.17) is 23.2 Å². The third kappa shape index (κ3) is 3.97. The molecule has 0 heterocycles. The minimum atomic E-state index is -0.422.